The number of tetrazole rings is 1. The first kappa shape index (κ1) is 19.6. The highest BCUT2D eigenvalue weighted by molar-refractivity contribution is 7.99. The van der Waals surface area contributed by atoms with Gasteiger partial charge in [0.1, 0.15) is 0 Å². The zero-order valence-corrected chi connectivity index (χ0v) is 17.2. The number of aromatic nitrogens is 4. The van der Waals surface area contributed by atoms with Crippen LogP contribution in [0.5, 0.6) is 0 Å². The fraction of sp³-hybridized carbons (Fsp3) is 0.368. The molecule has 0 unspecified atom stereocenters. The minimum atomic E-state index is 0.0536. The summed E-state index contributed by atoms with van der Waals surface area (Å²) in [5.41, 5.74) is 2.22. The van der Waals surface area contributed by atoms with Gasteiger partial charge in [0.15, 0.2) is 0 Å². The number of rotatable bonds is 9. The molecule has 6 nitrogen and oxygen atoms in total. The molecule has 0 spiro atoms. The third-order valence-corrected chi connectivity index (χ3v) is 5.93. The van der Waals surface area contributed by atoms with Crippen molar-refractivity contribution in [2.45, 2.75) is 37.9 Å². The molecule has 0 saturated carbocycles. The summed E-state index contributed by atoms with van der Waals surface area (Å²) in [6.45, 7) is 2.82. The summed E-state index contributed by atoms with van der Waals surface area (Å²) in [6.07, 6.45) is 3.45. The highest BCUT2D eigenvalue weighted by atomic mass is 32.2. The Bertz CT molecular complexity index is 845. The summed E-state index contributed by atoms with van der Waals surface area (Å²) in [5.74, 6) is 0.356. The van der Waals surface area contributed by atoms with E-state index in [1.807, 2.05) is 36.7 Å². The molecule has 3 aromatic rings. The Morgan fingerprint density at radius 3 is 2.78 bits per heavy atom. The van der Waals surface area contributed by atoms with Crippen LogP contribution in [0.1, 0.15) is 30.2 Å². The lowest BCUT2D eigenvalue weighted by atomic mass is 10.1. The number of carbonyl (C=O) groups is 1. The largest absolute Gasteiger partial charge is 0.340 e. The lowest BCUT2D eigenvalue weighted by molar-refractivity contribution is -0.127. The Balaban J connectivity index is 1.59. The molecule has 0 saturated heterocycles. The lowest BCUT2D eigenvalue weighted by Gasteiger charge is -2.15. The van der Waals surface area contributed by atoms with Crippen LogP contribution in [0.3, 0.4) is 0 Å². The third kappa shape index (κ3) is 5.40. The highest BCUT2D eigenvalue weighted by Gasteiger charge is 2.14. The number of hydrogen-bond acceptors (Lipinski definition) is 6. The van der Waals surface area contributed by atoms with Gasteiger partial charge in [-0.3, -0.25) is 4.79 Å². The van der Waals surface area contributed by atoms with Crippen molar-refractivity contribution in [2.75, 3.05) is 12.8 Å². The molecule has 2 aromatic heterocycles. The van der Waals surface area contributed by atoms with E-state index in [0.29, 0.717) is 17.5 Å². The smallest absolute Gasteiger partial charge is 0.233 e. The number of aryl methyl sites for hydroxylation is 1. The van der Waals surface area contributed by atoms with Crippen molar-refractivity contribution in [3.63, 3.8) is 0 Å². The van der Waals surface area contributed by atoms with Gasteiger partial charge in [0, 0.05) is 11.9 Å². The Morgan fingerprint density at radius 1 is 1.26 bits per heavy atom. The molecule has 0 aliphatic rings. The summed E-state index contributed by atoms with van der Waals surface area (Å²) in [7, 11) is 1.82. The van der Waals surface area contributed by atoms with Crippen molar-refractivity contribution in [3.05, 3.63) is 52.2 Å². The predicted octanol–water partition coefficient (Wildman–Crippen LogP) is 3.82. The van der Waals surface area contributed by atoms with E-state index in [4.69, 9.17) is 0 Å². The molecule has 0 fully saturated rings. The van der Waals surface area contributed by atoms with E-state index in [2.05, 4.69) is 34.6 Å². The molecule has 0 bridgehead atoms. The standard InChI is InChI=1S/C19H23N5OS2/c1-3-4-6-15-8-10-16(11-9-15)24-19(20-21-22-24)27-14-18(25)23(2)13-17-7-5-12-26-17/h5,7-12H,3-4,6,13-14H2,1-2H3. The van der Waals surface area contributed by atoms with Gasteiger partial charge in [-0.25, -0.2) is 0 Å². The van der Waals surface area contributed by atoms with Gasteiger partial charge < -0.3 is 4.90 Å². The zero-order valence-electron chi connectivity index (χ0n) is 15.5. The van der Waals surface area contributed by atoms with E-state index >= 15 is 0 Å². The number of nitrogens with zero attached hydrogens (tertiary/aromatic N) is 5. The maximum Gasteiger partial charge on any atom is 0.233 e. The molecule has 0 N–H and O–H groups in total. The second-order valence-corrected chi connectivity index (χ2v) is 8.24. The van der Waals surface area contributed by atoms with Crippen molar-refractivity contribution in [3.8, 4) is 5.69 Å². The molecule has 0 atom stereocenters. The number of unbranched alkanes of at least 4 members (excludes halogenated alkanes) is 1. The predicted molar refractivity (Wildman–Crippen MR) is 109 cm³/mol. The fourth-order valence-electron chi connectivity index (χ4n) is 2.58. The Hall–Kier alpha value is -2.19. The van der Waals surface area contributed by atoms with Crippen LogP contribution in [0, 0.1) is 0 Å². The number of hydrogen-bond donors (Lipinski definition) is 0. The number of carbonyl (C=O) groups excluding carboxylic acids is 1. The van der Waals surface area contributed by atoms with E-state index in [-0.39, 0.29) is 5.91 Å². The highest BCUT2D eigenvalue weighted by Crippen LogP contribution is 2.20. The Kier molecular flexibility index (Phi) is 7.00. The van der Waals surface area contributed by atoms with Gasteiger partial charge in [0.2, 0.25) is 11.1 Å². The first-order chi connectivity index (χ1) is 13.2. The van der Waals surface area contributed by atoms with Crippen molar-refractivity contribution >= 4 is 29.0 Å². The third-order valence-electron chi connectivity index (χ3n) is 4.16. The molecule has 3 rings (SSSR count). The van der Waals surface area contributed by atoms with Crippen molar-refractivity contribution < 1.29 is 4.79 Å². The van der Waals surface area contributed by atoms with E-state index in [1.165, 1.54) is 35.0 Å². The summed E-state index contributed by atoms with van der Waals surface area (Å²) >= 11 is 3.01. The van der Waals surface area contributed by atoms with Crippen LogP contribution >= 0.6 is 23.1 Å². The van der Waals surface area contributed by atoms with Crippen molar-refractivity contribution in [1.29, 1.82) is 0 Å². The van der Waals surface area contributed by atoms with Gasteiger partial charge in [0.05, 0.1) is 18.0 Å². The maximum absolute atomic E-state index is 12.4. The SMILES string of the molecule is CCCCc1ccc(-n2nnnc2SCC(=O)N(C)Cc2cccs2)cc1. The van der Waals surface area contributed by atoms with Gasteiger partial charge in [-0.05, 0) is 52.4 Å². The molecule has 0 aliphatic heterocycles. The number of thioether (sulfide) groups is 1. The van der Waals surface area contributed by atoms with Crippen molar-refractivity contribution in [2.24, 2.45) is 0 Å². The molecule has 8 heteroatoms. The first-order valence-electron chi connectivity index (χ1n) is 8.94. The Labute approximate surface area is 167 Å². The van der Waals surface area contributed by atoms with Crippen LogP contribution in [0.25, 0.3) is 5.69 Å². The van der Waals surface area contributed by atoms with Gasteiger partial charge in [0.25, 0.3) is 0 Å². The minimum Gasteiger partial charge on any atom is -0.340 e. The van der Waals surface area contributed by atoms with Crippen LogP contribution in [-0.4, -0.2) is 43.8 Å². The summed E-state index contributed by atoms with van der Waals surface area (Å²) < 4.78 is 1.68. The molecule has 1 amide bonds. The molecule has 1 aromatic carbocycles. The van der Waals surface area contributed by atoms with Crippen LogP contribution < -0.4 is 0 Å². The second kappa shape index (κ2) is 9.66. The maximum atomic E-state index is 12.4. The normalized spacial score (nSPS) is 10.9. The van der Waals surface area contributed by atoms with Gasteiger partial charge in [-0.2, -0.15) is 4.68 Å². The Morgan fingerprint density at radius 2 is 2.07 bits per heavy atom. The lowest BCUT2D eigenvalue weighted by Crippen LogP contribution is -2.27. The topological polar surface area (TPSA) is 63.9 Å². The van der Waals surface area contributed by atoms with Gasteiger partial charge in [-0.15, -0.1) is 16.4 Å². The molecular weight excluding hydrogens is 378 g/mol. The number of benzene rings is 1. The van der Waals surface area contributed by atoms with Crippen LogP contribution in [-0.2, 0) is 17.8 Å². The average Bonchev–Trinajstić information content (AvgIpc) is 3.36. The van der Waals surface area contributed by atoms with Crippen molar-refractivity contribution in [1.82, 2.24) is 25.1 Å². The fourth-order valence-corrected chi connectivity index (χ4v) is 4.17. The molecule has 0 aliphatic carbocycles. The number of thiophene rings is 1. The molecule has 2 heterocycles. The summed E-state index contributed by atoms with van der Waals surface area (Å²) in [5, 5.41) is 14.6. The second-order valence-electron chi connectivity index (χ2n) is 6.26. The van der Waals surface area contributed by atoms with Crippen LogP contribution in [0.15, 0.2) is 46.9 Å². The average molecular weight is 402 g/mol. The number of amides is 1. The molecule has 27 heavy (non-hydrogen) atoms. The summed E-state index contributed by atoms with van der Waals surface area (Å²) in [6, 6.07) is 12.3. The van der Waals surface area contributed by atoms with E-state index in [1.54, 1.807) is 20.9 Å². The minimum absolute atomic E-state index is 0.0536. The first-order valence-corrected chi connectivity index (χ1v) is 10.8. The van der Waals surface area contributed by atoms with Crippen LogP contribution in [0.2, 0.25) is 0 Å². The monoisotopic (exact) mass is 401 g/mol. The van der Waals surface area contributed by atoms with E-state index in [9.17, 15) is 4.79 Å². The quantitative estimate of drug-likeness (QED) is 0.510. The molecule has 142 valence electrons. The summed E-state index contributed by atoms with van der Waals surface area (Å²) in [4.78, 5) is 15.3. The van der Waals surface area contributed by atoms with E-state index in [0.717, 1.165) is 12.1 Å². The molecule has 0 radical (unpaired) electrons. The van der Waals surface area contributed by atoms with E-state index < -0.39 is 0 Å². The van der Waals surface area contributed by atoms with Crippen LogP contribution in [0.4, 0.5) is 0 Å². The molecular formula is C19H23N5OS2. The van der Waals surface area contributed by atoms with Gasteiger partial charge >= 0.3 is 0 Å². The zero-order chi connectivity index (χ0) is 19.1. The van der Waals surface area contributed by atoms with Gasteiger partial charge in [-0.1, -0.05) is 43.3 Å².